The van der Waals surface area contributed by atoms with E-state index in [9.17, 15) is 13.9 Å². The van der Waals surface area contributed by atoms with E-state index in [1.54, 1.807) is 0 Å². The molecule has 0 aromatic rings. The van der Waals surface area contributed by atoms with Crippen LogP contribution in [0.2, 0.25) is 0 Å². The van der Waals surface area contributed by atoms with Crippen molar-refractivity contribution in [3.63, 3.8) is 0 Å². The Morgan fingerprint density at radius 1 is 1.25 bits per heavy atom. The highest BCUT2D eigenvalue weighted by Crippen LogP contribution is 2.27. The summed E-state index contributed by atoms with van der Waals surface area (Å²) in [6, 6.07) is 0. The van der Waals surface area contributed by atoms with Gasteiger partial charge < -0.3 is 5.11 Å². The number of hydrogen-bond donors (Lipinski definition) is 1. The molecule has 1 aliphatic carbocycles. The van der Waals surface area contributed by atoms with Crippen LogP contribution < -0.4 is 0 Å². The molecular weight excluding hydrogens is 210 g/mol. The van der Waals surface area contributed by atoms with Crippen molar-refractivity contribution in [3.8, 4) is 0 Å². The van der Waals surface area contributed by atoms with Gasteiger partial charge in [-0.25, -0.2) is 8.78 Å². The van der Waals surface area contributed by atoms with Crippen molar-refractivity contribution >= 4 is 0 Å². The third kappa shape index (κ3) is 10.3. The van der Waals surface area contributed by atoms with E-state index in [0.717, 1.165) is 19.8 Å². The zero-order valence-corrected chi connectivity index (χ0v) is 11.0. The number of hydrogen-bond acceptors (Lipinski definition) is 1. The molecule has 0 unspecified atom stereocenters. The second-order valence-electron chi connectivity index (χ2n) is 5.71. The normalized spacial score (nSPS) is 19.5. The first kappa shape index (κ1) is 15.8. The summed E-state index contributed by atoms with van der Waals surface area (Å²) in [6.45, 7) is 6.78. The average Bonchev–Trinajstić information content (AvgIpc) is 2.46. The molecule has 98 valence electrons. The van der Waals surface area contributed by atoms with Crippen LogP contribution in [0.5, 0.6) is 0 Å². The van der Waals surface area contributed by atoms with Crippen molar-refractivity contribution in [1.29, 1.82) is 0 Å². The van der Waals surface area contributed by atoms with Gasteiger partial charge in [0.25, 0.3) is 0 Å². The van der Waals surface area contributed by atoms with Crippen LogP contribution in [0.1, 0.15) is 66.2 Å². The fourth-order valence-electron chi connectivity index (χ4n) is 1.68. The van der Waals surface area contributed by atoms with Gasteiger partial charge in [-0.3, -0.25) is 0 Å². The topological polar surface area (TPSA) is 20.2 Å². The van der Waals surface area contributed by atoms with Gasteiger partial charge in [0, 0.05) is 6.42 Å². The van der Waals surface area contributed by atoms with Crippen LogP contribution in [0, 0.1) is 5.92 Å². The fraction of sp³-hybridized carbons (Fsp3) is 1.00. The monoisotopic (exact) mass is 236 g/mol. The summed E-state index contributed by atoms with van der Waals surface area (Å²) < 4.78 is 24.2. The lowest BCUT2D eigenvalue weighted by Crippen LogP contribution is -2.17. The maximum Gasteiger partial charge on any atom is 0.245 e. The lowest BCUT2D eigenvalue weighted by molar-refractivity contribution is 0.00782. The van der Waals surface area contributed by atoms with Gasteiger partial charge >= 0.3 is 0 Å². The summed E-state index contributed by atoms with van der Waals surface area (Å²) in [4.78, 5) is 0. The third-order valence-corrected chi connectivity index (χ3v) is 2.84. The summed E-state index contributed by atoms with van der Waals surface area (Å²) in [5, 5.41) is 9.19. The van der Waals surface area contributed by atoms with Gasteiger partial charge in [-0.15, -0.1) is 0 Å². The van der Waals surface area contributed by atoms with Gasteiger partial charge in [0.05, 0.1) is 5.60 Å². The summed E-state index contributed by atoms with van der Waals surface area (Å²) in [6.07, 6.45) is 5.08. The lowest BCUT2D eigenvalue weighted by atomic mass is 10.1. The number of rotatable bonds is 3. The minimum absolute atomic E-state index is 0.0185. The second-order valence-corrected chi connectivity index (χ2v) is 5.71. The first-order valence-electron chi connectivity index (χ1n) is 6.23. The van der Waals surface area contributed by atoms with Crippen molar-refractivity contribution < 1.29 is 13.9 Å². The third-order valence-electron chi connectivity index (χ3n) is 2.84. The van der Waals surface area contributed by atoms with Crippen molar-refractivity contribution in [2.24, 2.45) is 5.92 Å². The molecule has 0 bridgehead atoms. The summed E-state index contributed by atoms with van der Waals surface area (Å²) in [7, 11) is 0. The van der Waals surface area contributed by atoms with E-state index in [4.69, 9.17) is 0 Å². The predicted molar refractivity (Wildman–Crippen MR) is 63.8 cm³/mol. The summed E-state index contributed by atoms with van der Waals surface area (Å²) >= 11 is 0. The van der Waals surface area contributed by atoms with Gasteiger partial charge in [-0.2, -0.15) is 0 Å². The zero-order chi connectivity index (χ0) is 12.8. The smallest absolute Gasteiger partial charge is 0.245 e. The van der Waals surface area contributed by atoms with E-state index in [-0.39, 0.29) is 12.0 Å². The van der Waals surface area contributed by atoms with Gasteiger partial charge in [-0.1, -0.05) is 26.7 Å². The molecule has 1 nitrogen and oxygen atoms in total. The standard InChI is InChI=1S/C7H14F2.C6H12O/c1-6(2)4-5-7(3,8)9;1-6(7)4-2-3-5-6/h6H,4-5H2,1-3H3;7H,2-5H2,1H3. The van der Waals surface area contributed by atoms with Crippen LogP contribution in [0.4, 0.5) is 8.78 Å². The molecule has 1 N–H and O–H groups in total. The van der Waals surface area contributed by atoms with E-state index in [2.05, 4.69) is 0 Å². The minimum atomic E-state index is -2.47. The Labute approximate surface area is 98.2 Å². The molecule has 0 aliphatic heterocycles. The average molecular weight is 236 g/mol. The Hall–Kier alpha value is -0.180. The van der Waals surface area contributed by atoms with E-state index in [0.29, 0.717) is 12.3 Å². The van der Waals surface area contributed by atoms with E-state index >= 15 is 0 Å². The Kier molecular flexibility index (Phi) is 6.46. The fourth-order valence-corrected chi connectivity index (χ4v) is 1.68. The molecule has 3 heteroatoms. The Morgan fingerprint density at radius 3 is 1.81 bits per heavy atom. The van der Waals surface area contributed by atoms with Gasteiger partial charge in [0.15, 0.2) is 0 Å². The first-order valence-corrected chi connectivity index (χ1v) is 6.23. The molecule has 0 spiro atoms. The summed E-state index contributed by atoms with van der Waals surface area (Å²) in [5.74, 6) is -2.08. The van der Waals surface area contributed by atoms with Crippen LogP contribution in [-0.4, -0.2) is 16.6 Å². The highest BCUT2D eigenvalue weighted by molar-refractivity contribution is 4.78. The molecule has 1 rings (SSSR count). The maximum absolute atomic E-state index is 12.1. The van der Waals surface area contributed by atoms with E-state index in [1.807, 2.05) is 20.8 Å². The lowest BCUT2D eigenvalue weighted by Gasteiger charge is -2.12. The molecule has 0 aromatic heterocycles. The molecule has 0 heterocycles. The van der Waals surface area contributed by atoms with Gasteiger partial charge in [0.1, 0.15) is 0 Å². The molecule has 1 fully saturated rings. The van der Waals surface area contributed by atoms with Crippen molar-refractivity contribution in [3.05, 3.63) is 0 Å². The molecule has 1 aliphatic rings. The molecule has 0 atom stereocenters. The van der Waals surface area contributed by atoms with Crippen molar-refractivity contribution in [1.82, 2.24) is 0 Å². The van der Waals surface area contributed by atoms with E-state index < -0.39 is 5.92 Å². The quantitative estimate of drug-likeness (QED) is 0.770. The molecule has 0 aromatic carbocycles. The highest BCUT2D eigenvalue weighted by Gasteiger charge is 2.24. The van der Waals surface area contributed by atoms with Crippen LogP contribution in [0.15, 0.2) is 0 Å². The zero-order valence-electron chi connectivity index (χ0n) is 11.0. The molecular formula is C13H26F2O. The molecule has 0 radical (unpaired) electrons. The predicted octanol–water partition coefficient (Wildman–Crippen LogP) is 4.39. The number of aliphatic hydroxyl groups is 1. The maximum atomic E-state index is 12.1. The van der Waals surface area contributed by atoms with Crippen LogP contribution in [0.3, 0.4) is 0 Å². The SMILES string of the molecule is CC(C)CCC(C)(F)F.CC1(O)CCCC1. The number of halogens is 2. The molecule has 0 amide bonds. The van der Waals surface area contributed by atoms with Gasteiger partial charge in [0.2, 0.25) is 5.92 Å². The second kappa shape index (κ2) is 6.53. The molecule has 16 heavy (non-hydrogen) atoms. The Morgan fingerprint density at radius 2 is 1.69 bits per heavy atom. The Bertz CT molecular complexity index is 175. The van der Waals surface area contributed by atoms with Crippen molar-refractivity contribution in [2.45, 2.75) is 77.7 Å². The molecule has 1 saturated carbocycles. The van der Waals surface area contributed by atoms with E-state index in [1.165, 1.54) is 12.8 Å². The first-order chi connectivity index (χ1) is 7.12. The number of alkyl halides is 2. The van der Waals surface area contributed by atoms with Crippen LogP contribution in [0.25, 0.3) is 0 Å². The minimum Gasteiger partial charge on any atom is -0.390 e. The molecule has 0 saturated heterocycles. The van der Waals surface area contributed by atoms with Crippen LogP contribution >= 0.6 is 0 Å². The summed E-state index contributed by atoms with van der Waals surface area (Å²) in [5.41, 5.74) is -0.306. The largest absolute Gasteiger partial charge is 0.390 e. The highest BCUT2D eigenvalue weighted by atomic mass is 19.3. The Balaban J connectivity index is 0.000000288. The van der Waals surface area contributed by atoms with Gasteiger partial charge in [-0.05, 0) is 39.0 Å². The van der Waals surface area contributed by atoms with Crippen molar-refractivity contribution in [2.75, 3.05) is 0 Å². The van der Waals surface area contributed by atoms with Crippen LogP contribution in [-0.2, 0) is 0 Å².